The minimum absolute atomic E-state index is 0.0363. The number of ether oxygens (including phenoxy) is 2. The monoisotopic (exact) mass is 687 g/mol. The van der Waals surface area contributed by atoms with Gasteiger partial charge in [0.2, 0.25) is 0 Å². The van der Waals surface area contributed by atoms with E-state index in [2.05, 4.69) is 0 Å². The maximum Gasteiger partial charge on any atom is 0.458 e. The molecule has 0 aromatic heterocycles. The molecule has 0 spiro atoms. The van der Waals surface area contributed by atoms with E-state index >= 15 is 0 Å². The van der Waals surface area contributed by atoms with E-state index in [1.165, 1.54) is 0 Å². The summed E-state index contributed by atoms with van der Waals surface area (Å²) in [6.07, 6.45) is -1.22. The van der Waals surface area contributed by atoms with Crippen LogP contribution in [0, 0.1) is 0 Å². The van der Waals surface area contributed by atoms with Gasteiger partial charge in [-0.05, 0) is 72.8 Å². The lowest BCUT2D eigenvalue weighted by Gasteiger charge is -2.25. The number of hydrogen-bond acceptors (Lipinski definition) is 9. The molecule has 1 atom stereocenters. The van der Waals surface area contributed by atoms with Crippen LogP contribution in [-0.4, -0.2) is 12.1 Å². The third kappa shape index (κ3) is 8.40. The van der Waals surface area contributed by atoms with Crippen LogP contribution in [0.2, 0.25) is 0 Å². The Kier molecular flexibility index (Phi) is 9.74. The van der Waals surface area contributed by atoms with Crippen LogP contribution in [0.15, 0.2) is 196 Å². The van der Waals surface area contributed by atoms with Crippen LogP contribution in [0.4, 0.5) is 0 Å². The fraction of sp³-hybridized carbons (Fsp3) is 0.0263. The first kappa shape index (κ1) is 31.8. The number of benzene rings is 6. The lowest BCUT2D eigenvalue weighted by atomic mass is 10.3. The van der Waals surface area contributed by atoms with Crippen LogP contribution in [0.25, 0.3) is 0 Å². The van der Waals surface area contributed by atoms with Crippen LogP contribution >= 0.6 is 15.3 Å². The first-order valence-electron chi connectivity index (χ1n) is 15.4. The van der Waals surface area contributed by atoms with Gasteiger partial charge in [-0.2, -0.15) is 4.74 Å². The third-order valence-electron chi connectivity index (χ3n) is 6.74. The average molecular weight is 688 g/mol. The van der Waals surface area contributed by atoms with E-state index in [4.69, 9.17) is 41.6 Å². The maximum atomic E-state index is 6.74. The van der Waals surface area contributed by atoms with Gasteiger partial charge in [0.15, 0.2) is 0 Å². The lowest BCUT2D eigenvalue weighted by Crippen LogP contribution is -2.30. The summed E-state index contributed by atoms with van der Waals surface area (Å²) in [5, 5.41) is 0. The largest absolute Gasteiger partial charge is 0.459 e. The summed E-state index contributed by atoms with van der Waals surface area (Å²) < 4.78 is 55.4. The Labute approximate surface area is 284 Å². The van der Waals surface area contributed by atoms with Crippen molar-refractivity contribution in [3.63, 3.8) is 0 Å². The number of para-hydroxylation sites is 6. The molecule has 0 bridgehead atoms. The summed E-state index contributed by atoms with van der Waals surface area (Å²) in [5.74, 6) is 2.88. The predicted octanol–water partition coefficient (Wildman–Crippen LogP) is 11.1. The van der Waals surface area contributed by atoms with Gasteiger partial charge in [0, 0.05) is 0 Å². The second kappa shape index (κ2) is 15.0. The van der Waals surface area contributed by atoms with E-state index in [0.717, 1.165) is 0 Å². The van der Waals surface area contributed by atoms with Gasteiger partial charge in [-0.25, -0.2) is 0 Å². The van der Waals surface area contributed by atoms with Crippen molar-refractivity contribution in [2.75, 3.05) is 0 Å². The summed E-state index contributed by atoms with van der Waals surface area (Å²) in [6, 6.07) is 55.3. The van der Waals surface area contributed by atoms with Gasteiger partial charge >= 0.3 is 15.3 Å². The maximum absolute atomic E-state index is 6.74. The fourth-order valence-electron chi connectivity index (χ4n) is 4.60. The van der Waals surface area contributed by atoms with E-state index < -0.39 is 21.5 Å². The highest BCUT2D eigenvalue weighted by Crippen LogP contribution is 2.67. The summed E-state index contributed by atoms with van der Waals surface area (Å²) in [4.78, 5) is 0. The van der Waals surface area contributed by atoms with Crippen molar-refractivity contribution in [3.8, 4) is 34.5 Å². The summed E-state index contributed by atoms with van der Waals surface area (Å²) in [7, 11) is -7.77. The Hall–Kier alpha value is -5.75. The SMILES string of the molecule is c1ccc(OC2=NP(Oc3ccccc3)(Oc3ccccc3)=NP(Oc3ccccc3)(Oc3ccccc3)=NC2Oc2ccccc2)cc1. The Morgan fingerprint density at radius 1 is 0.367 bits per heavy atom. The molecule has 0 saturated heterocycles. The van der Waals surface area contributed by atoms with Crippen LogP contribution < -0.4 is 27.6 Å². The standard InChI is InChI=1S/C38H31N3O6P2/c1-7-19-31(20-8-1)42-37-38(43-32-21-9-2-10-22-32)40-49(46-35-27-15-5-16-28-35,47-36-29-17-6-18-30-36)41-48(39-37,44-33-23-11-3-12-24-33)45-34-25-13-4-14-26-34/h1-30,37H. The molecule has 9 nitrogen and oxygen atoms in total. The molecule has 6 aromatic carbocycles. The Balaban J connectivity index is 1.51. The van der Waals surface area contributed by atoms with Crippen LogP contribution in [0.5, 0.6) is 34.5 Å². The van der Waals surface area contributed by atoms with Crippen LogP contribution in [0.1, 0.15) is 0 Å². The first-order valence-corrected chi connectivity index (χ1v) is 18.5. The van der Waals surface area contributed by atoms with Crippen molar-refractivity contribution in [2.24, 2.45) is 14.0 Å². The molecule has 1 heterocycles. The topological polar surface area (TPSA) is 92.5 Å². The van der Waals surface area contributed by atoms with Crippen molar-refractivity contribution in [1.82, 2.24) is 0 Å². The van der Waals surface area contributed by atoms with Gasteiger partial charge in [0.1, 0.15) is 34.5 Å². The Bertz CT molecular complexity index is 2000. The molecular formula is C38H31N3O6P2. The lowest BCUT2D eigenvalue weighted by molar-refractivity contribution is 0.252. The van der Waals surface area contributed by atoms with E-state index in [9.17, 15) is 0 Å². The van der Waals surface area contributed by atoms with Gasteiger partial charge in [0.25, 0.3) is 12.1 Å². The normalized spacial score (nSPS) is 15.9. The predicted molar refractivity (Wildman–Crippen MR) is 192 cm³/mol. The van der Waals surface area contributed by atoms with Crippen molar-refractivity contribution >= 4 is 21.2 Å². The van der Waals surface area contributed by atoms with Crippen molar-refractivity contribution < 1.29 is 27.6 Å². The van der Waals surface area contributed by atoms with Gasteiger partial charge in [0.05, 0.1) is 0 Å². The molecule has 0 fully saturated rings. The molecule has 6 aromatic rings. The molecule has 49 heavy (non-hydrogen) atoms. The third-order valence-corrected chi connectivity index (χ3v) is 11.3. The number of hydrogen-bond donors (Lipinski definition) is 0. The summed E-state index contributed by atoms with van der Waals surface area (Å²) >= 11 is 0. The van der Waals surface area contributed by atoms with E-state index in [0.29, 0.717) is 34.5 Å². The molecule has 1 unspecified atom stereocenters. The van der Waals surface area contributed by atoms with E-state index in [1.807, 2.05) is 133 Å². The van der Waals surface area contributed by atoms with Crippen LogP contribution in [0.3, 0.4) is 0 Å². The van der Waals surface area contributed by atoms with Gasteiger partial charge < -0.3 is 27.6 Å². The highest BCUT2D eigenvalue weighted by molar-refractivity contribution is 7.68. The zero-order valence-corrected chi connectivity index (χ0v) is 27.9. The molecule has 0 aliphatic carbocycles. The molecule has 1 aliphatic rings. The van der Waals surface area contributed by atoms with Crippen molar-refractivity contribution in [2.45, 2.75) is 6.23 Å². The Morgan fingerprint density at radius 3 is 1.08 bits per heavy atom. The molecule has 1 aliphatic heterocycles. The molecule has 11 heteroatoms. The second-order valence-corrected chi connectivity index (χ2v) is 14.3. The van der Waals surface area contributed by atoms with Crippen molar-refractivity contribution in [3.05, 3.63) is 182 Å². The first-order chi connectivity index (χ1) is 24.1. The smallest absolute Gasteiger partial charge is 0.458 e. The Morgan fingerprint density at radius 2 is 0.694 bits per heavy atom. The van der Waals surface area contributed by atoms with Crippen molar-refractivity contribution in [1.29, 1.82) is 0 Å². The summed E-state index contributed by atoms with van der Waals surface area (Å²) in [5.41, 5.74) is 0. The van der Waals surface area contributed by atoms with Gasteiger partial charge in [-0.1, -0.05) is 114 Å². The number of nitrogens with zero attached hydrogens (tertiary/aromatic N) is 3. The fourth-order valence-corrected chi connectivity index (χ4v) is 9.30. The molecule has 244 valence electrons. The second-order valence-electron chi connectivity index (χ2n) is 10.4. The average Bonchev–Trinajstić information content (AvgIpc) is 3.24. The molecule has 0 N–H and O–H groups in total. The highest BCUT2D eigenvalue weighted by Gasteiger charge is 2.43. The minimum Gasteiger partial charge on any atom is -0.459 e. The number of rotatable bonds is 11. The summed E-state index contributed by atoms with van der Waals surface area (Å²) in [6.45, 7) is 0. The molecule has 0 amide bonds. The zero-order chi connectivity index (χ0) is 33.2. The highest BCUT2D eigenvalue weighted by atomic mass is 31.2. The van der Waals surface area contributed by atoms with E-state index in [1.54, 1.807) is 48.5 Å². The molecular weight excluding hydrogens is 656 g/mol. The zero-order valence-electron chi connectivity index (χ0n) is 26.1. The minimum atomic E-state index is -3.89. The van der Waals surface area contributed by atoms with Gasteiger partial charge in [-0.15, -0.1) is 4.76 Å². The molecule has 7 rings (SSSR count). The van der Waals surface area contributed by atoms with E-state index in [-0.39, 0.29) is 5.90 Å². The quantitative estimate of drug-likeness (QED) is 0.126. The molecule has 0 radical (unpaired) electrons. The van der Waals surface area contributed by atoms with Gasteiger partial charge in [-0.3, -0.25) is 0 Å². The van der Waals surface area contributed by atoms with Crippen LogP contribution in [-0.2, 0) is 0 Å². The molecule has 0 saturated carbocycles.